The highest BCUT2D eigenvalue weighted by Crippen LogP contribution is 2.38. The molecule has 0 spiro atoms. The van der Waals surface area contributed by atoms with E-state index in [0.717, 1.165) is 19.2 Å². The molecule has 1 aliphatic heterocycles. The van der Waals surface area contributed by atoms with Crippen LogP contribution in [0, 0.1) is 5.82 Å². The van der Waals surface area contributed by atoms with Gasteiger partial charge in [0.15, 0.2) is 0 Å². The SMILES string of the molecule is Fc1cccc(C(c2ccc(Cl)c(C(F)(F)F)c2)N2CCNCC2)c1. The molecular weight excluding hydrogens is 356 g/mol. The number of halogens is 5. The standard InChI is InChI=1S/C18H17ClF4N2/c19-16-5-4-13(11-15(16)18(21,22)23)17(25-8-6-24-7-9-25)12-2-1-3-14(20)10-12/h1-5,10-11,17,24H,6-9H2. The van der Waals surface area contributed by atoms with Crippen molar-refractivity contribution in [1.29, 1.82) is 0 Å². The van der Waals surface area contributed by atoms with Crippen molar-refractivity contribution in [2.75, 3.05) is 26.2 Å². The number of nitrogens with one attached hydrogen (secondary N) is 1. The zero-order chi connectivity index (χ0) is 18.0. The predicted octanol–water partition coefficient (Wildman–Crippen LogP) is 4.49. The van der Waals surface area contributed by atoms with Gasteiger partial charge in [0, 0.05) is 26.2 Å². The lowest BCUT2D eigenvalue weighted by atomic mass is 9.94. The van der Waals surface area contributed by atoms with Crippen molar-refractivity contribution in [3.63, 3.8) is 0 Å². The molecule has 0 aromatic heterocycles. The summed E-state index contributed by atoms with van der Waals surface area (Å²) in [4.78, 5) is 2.05. The van der Waals surface area contributed by atoms with E-state index in [9.17, 15) is 17.6 Å². The molecule has 1 saturated heterocycles. The van der Waals surface area contributed by atoms with Crippen LogP contribution in [0.5, 0.6) is 0 Å². The summed E-state index contributed by atoms with van der Waals surface area (Å²) in [6, 6.07) is 9.44. The van der Waals surface area contributed by atoms with Gasteiger partial charge in [0.25, 0.3) is 0 Å². The summed E-state index contributed by atoms with van der Waals surface area (Å²) in [5.41, 5.74) is 0.199. The third-order valence-electron chi connectivity index (χ3n) is 4.29. The van der Waals surface area contributed by atoms with Crippen LogP contribution >= 0.6 is 11.6 Å². The van der Waals surface area contributed by atoms with Crippen LogP contribution in [-0.4, -0.2) is 31.1 Å². The molecule has 2 aromatic rings. The smallest absolute Gasteiger partial charge is 0.314 e. The molecule has 2 nitrogen and oxygen atoms in total. The van der Waals surface area contributed by atoms with Crippen LogP contribution in [0.1, 0.15) is 22.7 Å². The zero-order valence-corrected chi connectivity index (χ0v) is 14.0. The van der Waals surface area contributed by atoms with Gasteiger partial charge in [0.2, 0.25) is 0 Å². The molecule has 1 aliphatic rings. The van der Waals surface area contributed by atoms with Crippen molar-refractivity contribution >= 4 is 11.6 Å². The molecule has 1 unspecified atom stereocenters. The van der Waals surface area contributed by atoms with Crippen molar-refractivity contribution in [3.05, 3.63) is 70.0 Å². The van der Waals surface area contributed by atoms with Gasteiger partial charge in [-0.05, 0) is 35.4 Å². The predicted molar refractivity (Wildman–Crippen MR) is 89.1 cm³/mol. The van der Waals surface area contributed by atoms with Crippen molar-refractivity contribution in [2.45, 2.75) is 12.2 Å². The zero-order valence-electron chi connectivity index (χ0n) is 13.3. The molecule has 1 fully saturated rings. The maximum atomic E-state index is 13.7. The topological polar surface area (TPSA) is 15.3 Å². The quantitative estimate of drug-likeness (QED) is 0.798. The van der Waals surface area contributed by atoms with Gasteiger partial charge in [0.1, 0.15) is 5.82 Å². The van der Waals surface area contributed by atoms with E-state index in [2.05, 4.69) is 10.2 Å². The molecule has 1 N–H and O–H groups in total. The van der Waals surface area contributed by atoms with Crippen LogP contribution < -0.4 is 5.32 Å². The lowest BCUT2D eigenvalue weighted by Gasteiger charge is -2.36. The molecule has 0 aliphatic carbocycles. The number of nitrogens with zero attached hydrogens (tertiary/aromatic N) is 1. The molecule has 1 heterocycles. The maximum Gasteiger partial charge on any atom is 0.417 e. The Labute approximate surface area is 148 Å². The minimum absolute atomic E-state index is 0.338. The Kier molecular flexibility index (Phi) is 5.32. The second kappa shape index (κ2) is 7.32. The number of hydrogen-bond acceptors (Lipinski definition) is 2. The first-order chi connectivity index (χ1) is 11.9. The number of piperazine rings is 1. The molecule has 0 radical (unpaired) electrons. The van der Waals surface area contributed by atoms with Gasteiger partial charge < -0.3 is 5.32 Å². The summed E-state index contributed by atoms with van der Waals surface area (Å²) in [6.45, 7) is 2.77. The first-order valence-corrected chi connectivity index (χ1v) is 8.31. The number of benzene rings is 2. The first kappa shape index (κ1) is 18.2. The van der Waals surface area contributed by atoms with Crippen LogP contribution in [0.4, 0.5) is 17.6 Å². The summed E-state index contributed by atoms with van der Waals surface area (Å²) in [6.07, 6.45) is -4.54. The molecule has 1 atom stereocenters. The summed E-state index contributed by atoms with van der Waals surface area (Å²) in [7, 11) is 0. The highest BCUT2D eigenvalue weighted by molar-refractivity contribution is 6.31. The Morgan fingerprint density at radius 1 is 1.00 bits per heavy atom. The number of hydrogen-bond donors (Lipinski definition) is 1. The van der Waals surface area contributed by atoms with Gasteiger partial charge in [-0.3, -0.25) is 4.90 Å². The van der Waals surface area contributed by atoms with E-state index in [0.29, 0.717) is 24.2 Å². The summed E-state index contributed by atoms with van der Waals surface area (Å²) < 4.78 is 53.4. The Hall–Kier alpha value is -1.63. The fraction of sp³-hybridized carbons (Fsp3) is 0.333. The van der Waals surface area contributed by atoms with Gasteiger partial charge >= 0.3 is 6.18 Å². The molecular formula is C18H17ClF4N2. The highest BCUT2D eigenvalue weighted by Gasteiger charge is 2.35. The third kappa shape index (κ3) is 4.14. The monoisotopic (exact) mass is 372 g/mol. The molecule has 25 heavy (non-hydrogen) atoms. The lowest BCUT2D eigenvalue weighted by molar-refractivity contribution is -0.137. The van der Waals surface area contributed by atoms with E-state index in [1.165, 1.54) is 18.2 Å². The highest BCUT2D eigenvalue weighted by atomic mass is 35.5. The normalized spacial score (nSPS) is 17.5. The van der Waals surface area contributed by atoms with Crippen molar-refractivity contribution in [1.82, 2.24) is 10.2 Å². The van der Waals surface area contributed by atoms with E-state index in [4.69, 9.17) is 11.6 Å². The van der Waals surface area contributed by atoms with Crippen LogP contribution in [-0.2, 0) is 6.18 Å². The second-order valence-corrected chi connectivity index (χ2v) is 6.39. The van der Waals surface area contributed by atoms with Crippen molar-refractivity contribution in [3.8, 4) is 0 Å². The average molecular weight is 373 g/mol. The van der Waals surface area contributed by atoms with Crippen LogP contribution in [0.2, 0.25) is 5.02 Å². The third-order valence-corrected chi connectivity index (χ3v) is 4.62. The minimum atomic E-state index is -4.54. The van der Waals surface area contributed by atoms with E-state index in [1.807, 2.05) is 0 Å². The van der Waals surface area contributed by atoms with E-state index < -0.39 is 23.6 Å². The number of rotatable bonds is 3. The molecule has 0 bridgehead atoms. The molecule has 3 rings (SSSR count). The molecule has 0 amide bonds. The molecule has 2 aromatic carbocycles. The van der Waals surface area contributed by atoms with Crippen LogP contribution in [0.25, 0.3) is 0 Å². The maximum absolute atomic E-state index is 13.7. The Morgan fingerprint density at radius 2 is 1.68 bits per heavy atom. The van der Waals surface area contributed by atoms with E-state index in [1.54, 1.807) is 18.2 Å². The Bertz CT molecular complexity index is 742. The molecule has 0 saturated carbocycles. The number of alkyl halides is 3. The molecule has 134 valence electrons. The average Bonchev–Trinajstić information content (AvgIpc) is 2.57. The minimum Gasteiger partial charge on any atom is -0.314 e. The van der Waals surface area contributed by atoms with Gasteiger partial charge in [-0.2, -0.15) is 13.2 Å². The Balaban J connectivity index is 2.08. The van der Waals surface area contributed by atoms with Crippen molar-refractivity contribution in [2.24, 2.45) is 0 Å². The lowest BCUT2D eigenvalue weighted by Crippen LogP contribution is -2.45. The first-order valence-electron chi connectivity index (χ1n) is 7.93. The van der Waals surface area contributed by atoms with Gasteiger partial charge in [0.05, 0.1) is 16.6 Å². The Morgan fingerprint density at radius 3 is 2.32 bits per heavy atom. The summed E-state index contributed by atoms with van der Waals surface area (Å²) in [5, 5.41) is 2.87. The van der Waals surface area contributed by atoms with E-state index in [-0.39, 0.29) is 5.02 Å². The van der Waals surface area contributed by atoms with Gasteiger partial charge in [-0.1, -0.05) is 29.8 Å². The molecule has 7 heteroatoms. The van der Waals surface area contributed by atoms with Gasteiger partial charge in [-0.25, -0.2) is 4.39 Å². The van der Waals surface area contributed by atoms with Crippen LogP contribution in [0.15, 0.2) is 42.5 Å². The fourth-order valence-electron chi connectivity index (χ4n) is 3.16. The van der Waals surface area contributed by atoms with Crippen molar-refractivity contribution < 1.29 is 17.6 Å². The largest absolute Gasteiger partial charge is 0.417 e. The van der Waals surface area contributed by atoms with Crippen LogP contribution in [0.3, 0.4) is 0 Å². The summed E-state index contributed by atoms with van der Waals surface area (Å²) >= 11 is 5.74. The van der Waals surface area contributed by atoms with E-state index >= 15 is 0 Å². The van der Waals surface area contributed by atoms with Gasteiger partial charge in [-0.15, -0.1) is 0 Å². The fourth-order valence-corrected chi connectivity index (χ4v) is 3.39. The second-order valence-electron chi connectivity index (χ2n) is 5.98. The summed E-state index contributed by atoms with van der Waals surface area (Å²) in [5.74, 6) is -0.414.